The Balaban J connectivity index is 2.06. The third kappa shape index (κ3) is 5.82. The van der Waals surface area contributed by atoms with Gasteiger partial charge in [-0.15, -0.1) is 0 Å². The van der Waals surface area contributed by atoms with Gasteiger partial charge in [0.25, 0.3) is 0 Å². The Hall–Kier alpha value is -0.160. The van der Waals surface area contributed by atoms with Crippen LogP contribution in [0, 0.1) is 0 Å². The molecule has 0 bridgehead atoms. The standard InChI is InChI=1S/C13H28N2O2/c1-4-13(2)12-15(7-6-14-13)8-11-17-10-5-9-16-3/h14H,4-12H2,1-3H3. The summed E-state index contributed by atoms with van der Waals surface area (Å²) >= 11 is 0. The first kappa shape index (κ1) is 14.9. The summed E-state index contributed by atoms with van der Waals surface area (Å²) < 4.78 is 10.6. The molecule has 1 aliphatic heterocycles. The molecule has 0 spiro atoms. The van der Waals surface area contributed by atoms with E-state index in [1.165, 1.54) is 6.42 Å². The van der Waals surface area contributed by atoms with Crippen molar-refractivity contribution < 1.29 is 9.47 Å². The van der Waals surface area contributed by atoms with Gasteiger partial charge in [0.05, 0.1) is 6.61 Å². The van der Waals surface area contributed by atoms with E-state index in [-0.39, 0.29) is 5.54 Å². The van der Waals surface area contributed by atoms with Gasteiger partial charge in [0.15, 0.2) is 0 Å². The third-order valence-corrected chi connectivity index (χ3v) is 3.52. The monoisotopic (exact) mass is 244 g/mol. The summed E-state index contributed by atoms with van der Waals surface area (Å²) in [5, 5.41) is 3.59. The summed E-state index contributed by atoms with van der Waals surface area (Å²) in [5.41, 5.74) is 0.286. The molecular weight excluding hydrogens is 216 g/mol. The van der Waals surface area contributed by atoms with E-state index in [0.29, 0.717) is 0 Å². The summed E-state index contributed by atoms with van der Waals surface area (Å²) in [6.07, 6.45) is 2.17. The first-order valence-corrected chi connectivity index (χ1v) is 6.74. The van der Waals surface area contributed by atoms with E-state index >= 15 is 0 Å². The smallest absolute Gasteiger partial charge is 0.0593 e. The number of hydrogen-bond donors (Lipinski definition) is 1. The molecule has 0 aromatic carbocycles. The molecule has 17 heavy (non-hydrogen) atoms. The third-order valence-electron chi connectivity index (χ3n) is 3.52. The van der Waals surface area contributed by atoms with Crippen LogP contribution in [0.25, 0.3) is 0 Å². The second-order valence-corrected chi connectivity index (χ2v) is 5.08. The van der Waals surface area contributed by atoms with Crippen LogP contribution < -0.4 is 5.32 Å². The van der Waals surface area contributed by atoms with Crippen molar-refractivity contribution in [2.45, 2.75) is 32.2 Å². The minimum absolute atomic E-state index is 0.286. The van der Waals surface area contributed by atoms with E-state index in [1.807, 2.05) is 0 Å². The van der Waals surface area contributed by atoms with E-state index in [0.717, 1.165) is 52.4 Å². The molecule has 1 unspecified atom stereocenters. The van der Waals surface area contributed by atoms with E-state index in [2.05, 4.69) is 24.1 Å². The van der Waals surface area contributed by atoms with Crippen LogP contribution in [0.4, 0.5) is 0 Å². The molecule has 0 saturated carbocycles. The highest BCUT2D eigenvalue weighted by atomic mass is 16.5. The van der Waals surface area contributed by atoms with Crippen LogP contribution in [0.2, 0.25) is 0 Å². The van der Waals surface area contributed by atoms with Crippen molar-refractivity contribution in [3.63, 3.8) is 0 Å². The lowest BCUT2D eigenvalue weighted by Crippen LogP contribution is -2.58. The van der Waals surface area contributed by atoms with E-state index in [1.54, 1.807) is 7.11 Å². The Kier molecular flexibility index (Phi) is 7.04. The summed E-state index contributed by atoms with van der Waals surface area (Å²) in [4.78, 5) is 2.50. The molecule has 0 aliphatic carbocycles. The normalized spacial score (nSPS) is 26.3. The number of rotatable bonds is 8. The second kappa shape index (κ2) is 8.03. The van der Waals surface area contributed by atoms with Gasteiger partial charge in [-0.05, 0) is 19.8 Å². The SMILES string of the molecule is CCC1(C)CN(CCOCCCOC)CCN1. The highest BCUT2D eigenvalue weighted by molar-refractivity contribution is 4.89. The van der Waals surface area contributed by atoms with Crippen LogP contribution in [0.3, 0.4) is 0 Å². The van der Waals surface area contributed by atoms with Gasteiger partial charge >= 0.3 is 0 Å². The number of ether oxygens (including phenoxy) is 2. The lowest BCUT2D eigenvalue weighted by Gasteiger charge is -2.41. The van der Waals surface area contributed by atoms with Crippen molar-refractivity contribution in [1.29, 1.82) is 0 Å². The van der Waals surface area contributed by atoms with Gasteiger partial charge in [0.1, 0.15) is 0 Å². The Bertz CT molecular complexity index is 202. The molecule has 1 heterocycles. The van der Waals surface area contributed by atoms with Crippen LogP contribution >= 0.6 is 0 Å². The Morgan fingerprint density at radius 1 is 1.29 bits per heavy atom. The first-order valence-electron chi connectivity index (χ1n) is 6.74. The zero-order valence-electron chi connectivity index (χ0n) is 11.6. The largest absolute Gasteiger partial charge is 0.385 e. The maximum atomic E-state index is 5.60. The molecule has 1 atom stereocenters. The van der Waals surface area contributed by atoms with Gasteiger partial charge in [0, 0.05) is 52.0 Å². The predicted molar refractivity (Wildman–Crippen MR) is 70.5 cm³/mol. The van der Waals surface area contributed by atoms with Crippen molar-refractivity contribution >= 4 is 0 Å². The molecule has 1 N–H and O–H groups in total. The molecule has 1 fully saturated rings. The number of hydrogen-bond acceptors (Lipinski definition) is 4. The minimum Gasteiger partial charge on any atom is -0.385 e. The van der Waals surface area contributed by atoms with Crippen LogP contribution in [-0.4, -0.2) is 63.5 Å². The van der Waals surface area contributed by atoms with Gasteiger partial charge in [-0.25, -0.2) is 0 Å². The fourth-order valence-electron chi connectivity index (χ4n) is 2.17. The molecule has 4 heteroatoms. The van der Waals surface area contributed by atoms with Crippen LogP contribution in [-0.2, 0) is 9.47 Å². The molecule has 102 valence electrons. The lowest BCUT2D eigenvalue weighted by molar-refractivity contribution is 0.0647. The van der Waals surface area contributed by atoms with Crippen molar-refractivity contribution in [2.24, 2.45) is 0 Å². The maximum Gasteiger partial charge on any atom is 0.0593 e. The van der Waals surface area contributed by atoms with Crippen molar-refractivity contribution in [1.82, 2.24) is 10.2 Å². The fraction of sp³-hybridized carbons (Fsp3) is 1.00. The van der Waals surface area contributed by atoms with Crippen molar-refractivity contribution in [2.75, 3.05) is 53.1 Å². The molecule has 1 aliphatic rings. The zero-order chi connectivity index (χ0) is 12.6. The summed E-state index contributed by atoms with van der Waals surface area (Å²) in [6.45, 7) is 11.4. The fourth-order valence-corrected chi connectivity index (χ4v) is 2.17. The molecule has 0 aromatic rings. The topological polar surface area (TPSA) is 33.7 Å². The minimum atomic E-state index is 0.286. The Morgan fingerprint density at radius 3 is 2.82 bits per heavy atom. The summed E-state index contributed by atoms with van der Waals surface area (Å²) in [7, 11) is 1.73. The van der Waals surface area contributed by atoms with E-state index in [4.69, 9.17) is 9.47 Å². The molecule has 0 amide bonds. The number of piperazine rings is 1. The van der Waals surface area contributed by atoms with Gasteiger partial charge < -0.3 is 14.8 Å². The quantitative estimate of drug-likeness (QED) is 0.649. The van der Waals surface area contributed by atoms with Crippen molar-refractivity contribution in [3.05, 3.63) is 0 Å². The average molecular weight is 244 g/mol. The van der Waals surface area contributed by atoms with Gasteiger partial charge in [-0.1, -0.05) is 6.92 Å². The Morgan fingerprint density at radius 2 is 2.12 bits per heavy atom. The summed E-state index contributed by atoms with van der Waals surface area (Å²) in [5.74, 6) is 0. The maximum absolute atomic E-state index is 5.60. The van der Waals surface area contributed by atoms with E-state index < -0.39 is 0 Å². The van der Waals surface area contributed by atoms with Crippen LogP contribution in [0.15, 0.2) is 0 Å². The average Bonchev–Trinajstić information content (AvgIpc) is 2.34. The second-order valence-electron chi connectivity index (χ2n) is 5.08. The molecule has 1 saturated heterocycles. The van der Waals surface area contributed by atoms with Crippen LogP contribution in [0.5, 0.6) is 0 Å². The molecular formula is C13H28N2O2. The van der Waals surface area contributed by atoms with Crippen LogP contribution in [0.1, 0.15) is 26.7 Å². The molecule has 0 radical (unpaired) electrons. The molecule has 1 rings (SSSR count). The molecule has 0 aromatic heterocycles. The van der Waals surface area contributed by atoms with Crippen molar-refractivity contribution in [3.8, 4) is 0 Å². The predicted octanol–water partition coefficient (Wildman–Crippen LogP) is 1.11. The zero-order valence-corrected chi connectivity index (χ0v) is 11.6. The number of methoxy groups -OCH3 is 1. The molecule has 4 nitrogen and oxygen atoms in total. The number of nitrogens with one attached hydrogen (secondary N) is 1. The van der Waals surface area contributed by atoms with Gasteiger partial charge in [-0.2, -0.15) is 0 Å². The summed E-state index contributed by atoms with van der Waals surface area (Å²) in [6, 6.07) is 0. The van der Waals surface area contributed by atoms with Gasteiger partial charge in [-0.3, -0.25) is 4.90 Å². The Labute approximate surface area is 106 Å². The lowest BCUT2D eigenvalue weighted by atomic mass is 9.96. The first-order chi connectivity index (χ1) is 8.20. The highest BCUT2D eigenvalue weighted by Gasteiger charge is 2.28. The van der Waals surface area contributed by atoms with E-state index in [9.17, 15) is 0 Å². The van der Waals surface area contributed by atoms with Gasteiger partial charge in [0.2, 0.25) is 0 Å². The number of nitrogens with zero attached hydrogens (tertiary/aromatic N) is 1. The highest BCUT2D eigenvalue weighted by Crippen LogP contribution is 2.14.